The van der Waals surface area contributed by atoms with Crippen LogP contribution in [-0.2, 0) is 11.8 Å². The van der Waals surface area contributed by atoms with Crippen LogP contribution in [0.4, 0.5) is 0 Å². The molecule has 2 heteroatoms. The van der Waals surface area contributed by atoms with Crippen LogP contribution in [0.1, 0.15) is 50.2 Å². The van der Waals surface area contributed by atoms with E-state index in [1.807, 2.05) is 0 Å². The fourth-order valence-electron chi connectivity index (χ4n) is 4.16. The molecule has 2 aliphatic carbocycles. The van der Waals surface area contributed by atoms with Crippen molar-refractivity contribution in [3.05, 3.63) is 29.3 Å². The molecule has 2 N–H and O–H groups in total. The zero-order valence-corrected chi connectivity index (χ0v) is 12.1. The van der Waals surface area contributed by atoms with E-state index in [1.165, 1.54) is 43.2 Å². The Morgan fingerprint density at radius 2 is 2.11 bits per heavy atom. The number of nitrogens with two attached hydrogens (primary N) is 1. The van der Waals surface area contributed by atoms with Gasteiger partial charge in [0, 0.05) is 11.5 Å². The normalized spacial score (nSPS) is 34.1. The van der Waals surface area contributed by atoms with Gasteiger partial charge in [-0.05, 0) is 48.4 Å². The van der Waals surface area contributed by atoms with E-state index in [4.69, 9.17) is 10.5 Å². The summed E-state index contributed by atoms with van der Waals surface area (Å²) in [5.74, 6) is 1.62. The Morgan fingerprint density at radius 1 is 1.26 bits per heavy atom. The highest BCUT2D eigenvalue weighted by Gasteiger charge is 2.43. The van der Waals surface area contributed by atoms with Crippen molar-refractivity contribution < 1.29 is 4.74 Å². The molecule has 1 saturated carbocycles. The van der Waals surface area contributed by atoms with Gasteiger partial charge in [0.2, 0.25) is 0 Å². The van der Waals surface area contributed by atoms with Gasteiger partial charge in [0.05, 0.1) is 7.11 Å². The maximum absolute atomic E-state index is 6.65. The summed E-state index contributed by atoms with van der Waals surface area (Å²) in [5, 5.41) is 0. The van der Waals surface area contributed by atoms with Crippen molar-refractivity contribution in [3.8, 4) is 5.75 Å². The molecular formula is C17H25NO. The number of hydrogen-bond acceptors (Lipinski definition) is 2. The predicted molar refractivity (Wildman–Crippen MR) is 78.6 cm³/mol. The van der Waals surface area contributed by atoms with Crippen LogP contribution < -0.4 is 10.5 Å². The first-order valence-corrected chi connectivity index (χ1v) is 7.58. The highest BCUT2D eigenvalue weighted by molar-refractivity contribution is 5.44. The highest BCUT2D eigenvalue weighted by atomic mass is 16.5. The molecule has 19 heavy (non-hydrogen) atoms. The number of ether oxygens (including phenoxy) is 1. The van der Waals surface area contributed by atoms with Crippen molar-refractivity contribution in [2.75, 3.05) is 7.11 Å². The summed E-state index contributed by atoms with van der Waals surface area (Å²) in [6.07, 6.45) is 7.66. The van der Waals surface area contributed by atoms with Gasteiger partial charge in [-0.1, -0.05) is 32.3 Å². The monoisotopic (exact) mass is 259 g/mol. The van der Waals surface area contributed by atoms with E-state index in [0.717, 1.165) is 12.2 Å². The molecule has 104 valence electrons. The minimum Gasteiger partial charge on any atom is -0.497 e. The molecule has 1 aromatic carbocycles. The van der Waals surface area contributed by atoms with E-state index in [2.05, 4.69) is 25.1 Å². The summed E-state index contributed by atoms with van der Waals surface area (Å²) in [4.78, 5) is 0. The smallest absolute Gasteiger partial charge is 0.119 e. The quantitative estimate of drug-likeness (QED) is 0.838. The molecular weight excluding hydrogens is 234 g/mol. The average Bonchev–Trinajstić information content (AvgIpc) is 2.43. The Hall–Kier alpha value is -1.02. The van der Waals surface area contributed by atoms with E-state index in [-0.39, 0.29) is 5.41 Å². The lowest BCUT2D eigenvalue weighted by Crippen LogP contribution is -2.52. The first kappa shape index (κ1) is 13.0. The Morgan fingerprint density at radius 3 is 2.89 bits per heavy atom. The van der Waals surface area contributed by atoms with Gasteiger partial charge in [0.25, 0.3) is 0 Å². The molecule has 2 aliphatic rings. The van der Waals surface area contributed by atoms with Gasteiger partial charge >= 0.3 is 0 Å². The summed E-state index contributed by atoms with van der Waals surface area (Å²) in [7, 11) is 1.74. The van der Waals surface area contributed by atoms with Crippen molar-refractivity contribution in [1.29, 1.82) is 0 Å². The Kier molecular flexibility index (Phi) is 3.30. The van der Waals surface area contributed by atoms with Crippen molar-refractivity contribution in [2.24, 2.45) is 11.7 Å². The number of methoxy groups -OCH3 is 1. The SMILES string of the molecule is COc1ccc2c(c1)[C@@]1(C)CCCCC[C@@H](C2)C1N. The van der Waals surface area contributed by atoms with Gasteiger partial charge < -0.3 is 10.5 Å². The molecule has 2 bridgehead atoms. The summed E-state index contributed by atoms with van der Waals surface area (Å²) in [5.41, 5.74) is 9.72. The highest BCUT2D eigenvalue weighted by Crippen LogP contribution is 2.46. The minimum absolute atomic E-state index is 0.132. The van der Waals surface area contributed by atoms with E-state index >= 15 is 0 Å². The number of rotatable bonds is 1. The molecule has 2 nitrogen and oxygen atoms in total. The predicted octanol–water partition coefficient (Wildman–Crippen LogP) is 3.42. The third-order valence-corrected chi connectivity index (χ3v) is 5.43. The minimum atomic E-state index is 0.132. The zero-order chi connectivity index (χ0) is 13.5. The van der Waals surface area contributed by atoms with Crippen LogP contribution in [0.15, 0.2) is 18.2 Å². The zero-order valence-electron chi connectivity index (χ0n) is 12.1. The van der Waals surface area contributed by atoms with Crippen molar-refractivity contribution in [3.63, 3.8) is 0 Å². The first-order valence-electron chi connectivity index (χ1n) is 7.58. The lowest BCUT2D eigenvalue weighted by atomic mass is 9.60. The Balaban J connectivity index is 2.09. The van der Waals surface area contributed by atoms with Crippen LogP contribution in [-0.4, -0.2) is 13.2 Å². The third kappa shape index (κ3) is 2.06. The van der Waals surface area contributed by atoms with Gasteiger partial charge in [-0.3, -0.25) is 0 Å². The standard InChI is InChI=1S/C17H25NO/c1-17-9-5-3-4-6-13(16(17)18)10-12-7-8-14(19-2)11-15(12)17/h7-8,11,13,16H,3-6,9-10,18H2,1-2H3/t13-,16?,17+/m0/s1. The molecule has 0 radical (unpaired) electrons. The number of hydrogen-bond donors (Lipinski definition) is 1. The molecule has 3 atom stereocenters. The molecule has 0 aromatic heterocycles. The van der Waals surface area contributed by atoms with Gasteiger partial charge in [0.15, 0.2) is 0 Å². The van der Waals surface area contributed by atoms with Gasteiger partial charge in [-0.2, -0.15) is 0 Å². The molecule has 0 aliphatic heterocycles. The number of benzene rings is 1. The molecule has 3 rings (SSSR count). The average molecular weight is 259 g/mol. The van der Waals surface area contributed by atoms with E-state index < -0.39 is 0 Å². The van der Waals surface area contributed by atoms with Crippen LogP contribution in [0.25, 0.3) is 0 Å². The van der Waals surface area contributed by atoms with Crippen LogP contribution >= 0.6 is 0 Å². The summed E-state index contributed by atoms with van der Waals surface area (Å²) in [6.45, 7) is 2.37. The Bertz CT molecular complexity index is 470. The van der Waals surface area contributed by atoms with Crippen LogP contribution in [0.5, 0.6) is 5.75 Å². The van der Waals surface area contributed by atoms with Crippen LogP contribution in [0, 0.1) is 5.92 Å². The van der Waals surface area contributed by atoms with Gasteiger partial charge in [-0.15, -0.1) is 0 Å². The fourth-order valence-corrected chi connectivity index (χ4v) is 4.16. The topological polar surface area (TPSA) is 35.2 Å². The molecule has 1 fully saturated rings. The third-order valence-electron chi connectivity index (χ3n) is 5.43. The van der Waals surface area contributed by atoms with E-state index in [1.54, 1.807) is 7.11 Å². The maximum Gasteiger partial charge on any atom is 0.119 e. The van der Waals surface area contributed by atoms with Gasteiger partial charge in [0.1, 0.15) is 5.75 Å². The molecule has 1 aromatic rings. The fraction of sp³-hybridized carbons (Fsp3) is 0.647. The van der Waals surface area contributed by atoms with Crippen molar-refractivity contribution in [1.82, 2.24) is 0 Å². The summed E-state index contributed by atoms with van der Waals surface area (Å²) in [6, 6.07) is 6.88. The summed E-state index contributed by atoms with van der Waals surface area (Å²) < 4.78 is 5.41. The molecule has 0 heterocycles. The lowest BCUT2D eigenvalue weighted by Gasteiger charge is -2.47. The van der Waals surface area contributed by atoms with E-state index in [0.29, 0.717) is 12.0 Å². The molecule has 1 unspecified atom stereocenters. The van der Waals surface area contributed by atoms with Crippen molar-refractivity contribution in [2.45, 2.75) is 56.9 Å². The molecule has 0 saturated heterocycles. The molecule has 0 amide bonds. The Labute approximate surface area is 116 Å². The summed E-state index contributed by atoms with van der Waals surface area (Å²) >= 11 is 0. The van der Waals surface area contributed by atoms with Gasteiger partial charge in [-0.25, -0.2) is 0 Å². The van der Waals surface area contributed by atoms with Crippen molar-refractivity contribution >= 4 is 0 Å². The second kappa shape index (κ2) is 4.82. The number of fused-ring (bicyclic) bond motifs is 4. The molecule has 0 spiro atoms. The second-order valence-corrected chi connectivity index (χ2v) is 6.53. The van der Waals surface area contributed by atoms with Crippen LogP contribution in [0.2, 0.25) is 0 Å². The lowest BCUT2D eigenvalue weighted by molar-refractivity contribution is 0.201. The van der Waals surface area contributed by atoms with Crippen LogP contribution in [0.3, 0.4) is 0 Å². The largest absolute Gasteiger partial charge is 0.497 e. The second-order valence-electron chi connectivity index (χ2n) is 6.53. The van der Waals surface area contributed by atoms with E-state index in [9.17, 15) is 0 Å². The maximum atomic E-state index is 6.65. The first-order chi connectivity index (χ1) is 9.15.